The number of anilines is 1. The van der Waals surface area contributed by atoms with Crippen molar-refractivity contribution in [3.05, 3.63) is 52.1 Å². The fourth-order valence-electron chi connectivity index (χ4n) is 3.73. The maximum absolute atomic E-state index is 12.7. The van der Waals surface area contributed by atoms with Crippen molar-refractivity contribution in [3.63, 3.8) is 0 Å². The van der Waals surface area contributed by atoms with Gasteiger partial charge in [0, 0.05) is 18.8 Å². The van der Waals surface area contributed by atoms with Gasteiger partial charge < -0.3 is 14.8 Å². The van der Waals surface area contributed by atoms with Crippen molar-refractivity contribution in [2.24, 2.45) is 5.92 Å². The lowest BCUT2D eigenvalue weighted by Gasteiger charge is -2.30. The van der Waals surface area contributed by atoms with Crippen molar-refractivity contribution in [1.82, 2.24) is 9.71 Å². The van der Waals surface area contributed by atoms with E-state index in [9.17, 15) is 23.3 Å². The first-order valence-electron chi connectivity index (χ1n) is 10.1. The predicted molar refractivity (Wildman–Crippen MR) is 113 cm³/mol. The Kier molecular flexibility index (Phi) is 6.24. The Morgan fingerprint density at radius 3 is 2.66 bits per heavy atom. The summed E-state index contributed by atoms with van der Waals surface area (Å²) in [5, 5.41) is 14.0. The maximum Gasteiger partial charge on any atom is 0.317 e. The molecule has 2 aliphatic rings. The van der Waals surface area contributed by atoms with Crippen molar-refractivity contribution in [2.75, 3.05) is 25.1 Å². The number of nitrogens with zero attached hydrogens (tertiary/aromatic N) is 2. The number of aromatic nitrogens is 1. The molecule has 0 unspecified atom stereocenters. The number of hydrogen-bond acceptors (Lipinski definition) is 9. The zero-order valence-corrected chi connectivity index (χ0v) is 17.8. The second-order valence-corrected chi connectivity index (χ2v) is 9.26. The first-order chi connectivity index (χ1) is 15.3. The lowest BCUT2D eigenvalue weighted by atomic mass is 9.93. The Morgan fingerprint density at radius 2 is 1.97 bits per heavy atom. The number of rotatable bonds is 6. The Labute approximate surface area is 184 Å². The molecule has 1 saturated heterocycles. The minimum Gasteiger partial charge on any atom is -0.479 e. The predicted octanol–water partition coefficient (Wildman–Crippen LogP) is 2.10. The molecule has 12 heteroatoms. The highest BCUT2D eigenvalue weighted by atomic mass is 32.2. The Bertz CT molecular complexity index is 1120. The molecular weight excluding hydrogens is 440 g/mol. The molecule has 2 N–H and O–H groups in total. The number of sulfonamides is 1. The summed E-state index contributed by atoms with van der Waals surface area (Å²) in [5.41, 5.74) is -0.410. The van der Waals surface area contributed by atoms with Gasteiger partial charge in [-0.15, -0.1) is 0 Å². The average Bonchev–Trinajstić information content (AvgIpc) is 2.79. The SMILES string of the molecule is O=C(NS(=O)(=O)c1cc([N+](=O)[O-])c2c(n1)NC[C@H](CC1CCOCC1)O2)c1ccccc1. The largest absolute Gasteiger partial charge is 0.479 e. The van der Waals surface area contributed by atoms with Gasteiger partial charge in [-0.25, -0.2) is 9.71 Å². The minimum absolute atomic E-state index is 0.0463. The third kappa shape index (κ3) is 4.81. The molecule has 1 aromatic heterocycles. The van der Waals surface area contributed by atoms with Crippen molar-refractivity contribution >= 4 is 27.4 Å². The number of pyridine rings is 1. The zero-order valence-electron chi connectivity index (χ0n) is 17.0. The fraction of sp³-hybridized carbons (Fsp3) is 0.400. The molecule has 3 heterocycles. The van der Waals surface area contributed by atoms with Gasteiger partial charge in [-0.3, -0.25) is 14.9 Å². The van der Waals surface area contributed by atoms with Gasteiger partial charge in [0.2, 0.25) is 5.75 Å². The van der Waals surface area contributed by atoms with Crippen LogP contribution in [-0.2, 0) is 14.8 Å². The normalized spacial score (nSPS) is 18.7. The molecule has 11 nitrogen and oxygen atoms in total. The molecule has 32 heavy (non-hydrogen) atoms. The highest BCUT2D eigenvalue weighted by Crippen LogP contribution is 2.39. The van der Waals surface area contributed by atoms with E-state index in [0.29, 0.717) is 32.1 Å². The van der Waals surface area contributed by atoms with E-state index in [-0.39, 0.29) is 23.2 Å². The molecule has 0 aliphatic carbocycles. The topological polar surface area (TPSA) is 150 Å². The van der Waals surface area contributed by atoms with Crippen LogP contribution in [0.4, 0.5) is 11.5 Å². The first kappa shape index (κ1) is 22.0. The molecule has 1 amide bonds. The smallest absolute Gasteiger partial charge is 0.317 e. The summed E-state index contributed by atoms with van der Waals surface area (Å²) in [6.07, 6.45) is 2.17. The molecular formula is C20H22N4O7S. The Hall–Kier alpha value is -3.25. The summed E-state index contributed by atoms with van der Waals surface area (Å²) < 4.78 is 38.5. The number of fused-ring (bicyclic) bond motifs is 1. The molecule has 1 aromatic carbocycles. The van der Waals surface area contributed by atoms with E-state index in [1.54, 1.807) is 18.2 Å². The first-order valence-corrected chi connectivity index (χ1v) is 11.6. The van der Waals surface area contributed by atoms with Crippen LogP contribution in [0.1, 0.15) is 29.6 Å². The number of benzene rings is 1. The number of nitro groups is 1. The van der Waals surface area contributed by atoms with E-state index >= 15 is 0 Å². The third-order valence-corrected chi connectivity index (χ3v) is 6.60. The van der Waals surface area contributed by atoms with Gasteiger partial charge in [0.25, 0.3) is 15.9 Å². The van der Waals surface area contributed by atoms with Crippen LogP contribution >= 0.6 is 0 Å². The molecule has 0 radical (unpaired) electrons. The van der Waals surface area contributed by atoms with Crippen LogP contribution in [0.3, 0.4) is 0 Å². The van der Waals surface area contributed by atoms with Crippen LogP contribution in [0.15, 0.2) is 41.4 Å². The van der Waals surface area contributed by atoms with E-state index < -0.39 is 31.6 Å². The number of amides is 1. The summed E-state index contributed by atoms with van der Waals surface area (Å²) in [6.45, 7) is 1.69. The number of ether oxygens (including phenoxy) is 2. The van der Waals surface area contributed by atoms with E-state index in [2.05, 4.69) is 10.3 Å². The van der Waals surface area contributed by atoms with Gasteiger partial charge in [0.15, 0.2) is 10.8 Å². The zero-order chi connectivity index (χ0) is 22.7. The lowest BCUT2D eigenvalue weighted by Crippen LogP contribution is -2.35. The standard InChI is InChI=1S/C20H22N4O7S/c25-20(14-4-2-1-3-5-14)23-32(28,29)17-11-16(24(26)27)18-19(22-17)21-12-15(31-18)10-13-6-8-30-9-7-13/h1-5,11,13,15H,6-10,12H2,(H,21,22)(H,23,25)/t15-/m0/s1. The molecule has 1 fully saturated rings. The summed E-state index contributed by atoms with van der Waals surface area (Å²) in [7, 11) is -4.46. The molecule has 0 saturated carbocycles. The highest BCUT2D eigenvalue weighted by molar-refractivity contribution is 7.90. The highest BCUT2D eigenvalue weighted by Gasteiger charge is 2.34. The molecule has 2 aliphatic heterocycles. The second kappa shape index (κ2) is 9.09. The summed E-state index contributed by atoms with van der Waals surface area (Å²) >= 11 is 0. The number of carbonyl (C=O) groups excluding carboxylic acids is 1. The van der Waals surface area contributed by atoms with E-state index in [1.807, 2.05) is 4.72 Å². The monoisotopic (exact) mass is 462 g/mol. The molecule has 0 bridgehead atoms. The Morgan fingerprint density at radius 1 is 1.25 bits per heavy atom. The summed E-state index contributed by atoms with van der Waals surface area (Å²) in [6, 6.07) is 8.55. The molecule has 170 valence electrons. The van der Waals surface area contributed by atoms with E-state index in [0.717, 1.165) is 18.9 Å². The Balaban J connectivity index is 1.57. The van der Waals surface area contributed by atoms with Crippen molar-refractivity contribution in [3.8, 4) is 5.75 Å². The molecule has 0 spiro atoms. The molecule has 4 rings (SSSR count). The average molecular weight is 462 g/mol. The number of nitrogens with one attached hydrogen (secondary N) is 2. The van der Waals surface area contributed by atoms with Gasteiger partial charge in [-0.2, -0.15) is 8.42 Å². The van der Waals surface area contributed by atoms with Gasteiger partial charge in [-0.05, 0) is 37.3 Å². The summed E-state index contributed by atoms with van der Waals surface area (Å²) in [4.78, 5) is 27.2. The number of carbonyl (C=O) groups is 1. The van der Waals surface area contributed by atoms with Gasteiger partial charge in [-0.1, -0.05) is 18.2 Å². The second-order valence-electron chi connectivity index (χ2n) is 7.63. The van der Waals surface area contributed by atoms with E-state index in [1.165, 1.54) is 12.1 Å². The van der Waals surface area contributed by atoms with Crippen LogP contribution in [0.25, 0.3) is 0 Å². The summed E-state index contributed by atoms with van der Waals surface area (Å²) in [5.74, 6) is -0.632. The van der Waals surface area contributed by atoms with E-state index in [4.69, 9.17) is 9.47 Å². The van der Waals surface area contributed by atoms with Crippen molar-refractivity contribution in [2.45, 2.75) is 30.4 Å². The third-order valence-electron chi connectivity index (χ3n) is 5.38. The van der Waals surface area contributed by atoms with Crippen molar-refractivity contribution in [1.29, 1.82) is 0 Å². The van der Waals surface area contributed by atoms with Crippen LogP contribution in [-0.4, -0.2) is 50.1 Å². The van der Waals surface area contributed by atoms with Crippen LogP contribution in [0, 0.1) is 16.0 Å². The van der Waals surface area contributed by atoms with Gasteiger partial charge >= 0.3 is 5.69 Å². The van der Waals surface area contributed by atoms with Crippen LogP contribution in [0.2, 0.25) is 0 Å². The van der Waals surface area contributed by atoms with Crippen molar-refractivity contribution < 1.29 is 27.6 Å². The van der Waals surface area contributed by atoms with Gasteiger partial charge in [0.1, 0.15) is 6.10 Å². The molecule has 1 atom stereocenters. The van der Waals surface area contributed by atoms with Gasteiger partial charge in [0.05, 0.1) is 17.5 Å². The fourth-order valence-corrected chi connectivity index (χ4v) is 4.68. The lowest BCUT2D eigenvalue weighted by molar-refractivity contribution is -0.386. The molecule has 2 aromatic rings. The maximum atomic E-state index is 12.7. The van der Waals surface area contributed by atoms with Crippen LogP contribution in [0.5, 0.6) is 5.75 Å². The number of hydrogen-bond donors (Lipinski definition) is 2. The quantitative estimate of drug-likeness (QED) is 0.486. The van der Waals surface area contributed by atoms with Crippen LogP contribution < -0.4 is 14.8 Å². The minimum atomic E-state index is -4.46.